The van der Waals surface area contributed by atoms with Gasteiger partial charge >= 0.3 is 0 Å². The van der Waals surface area contributed by atoms with Crippen LogP contribution in [0.5, 0.6) is 0 Å². The molecule has 1 aliphatic rings. The SMILES string of the molecule is Cl.Cl.O=C(NC1CCNCC1)c1ccc(-c2nc3ccccc3s2)o1. The zero-order chi connectivity index (χ0) is 15.6. The molecule has 0 spiro atoms. The summed E-state index contributed by atoms with van der Waals surface area (Å²) in [6.07, 6.45) is 1.91. The van der Waals surface area contributed by atoms with E-state index in [2.05, 4.69) is 15.6 Å². The van der Waals surface area contributed by atoms with Crippen molar-refractivity contribution in [3.05, 3.63) is 42.2 Å². The largest absolute Gasteiger partial charge is 0.448 e. The number of halogens is 2. The summed E-state index contributed by atoms with van der Waals surface area (Å²) in [5, 5.41) is 7.12. The quantitative estimate of drug-likeness (QED) is 0.700. The minimum Gasteiger partial charge on any atom is -0.448 e. The van der Waals surface area contributed by atoms with Crippen LogP contribution in [0.4, 0.5) is 0 Å². The van der Waals surface area contributed by atoms with Crippen LogP contribution in [0.3, 0.4) is 0 Å². The predicted molar refractivity (Wildman–Crippen MR) is 105 cm³/mol. The first-order valence-corrected chi connectivity index (χ1v) is 8.58. The molecular weight excluding hydrogens is 381 g/mol. The lowest BCUT2D eigenvalue weighted by atomic mass is 10.1. The molecule has 3 heterocycles. The van der Waals surface area contributed by atoms with Gasteiger partial charge in [-0.25, -0.2) is 4.98 Å². The molecule has 1 aliphatic heterocycles. The molecule has 0 saturated carbocycles. The van der Waals surface area contributed by atoms with E-state index < -0.39 is 0 Å². The second kappa shape index (κ2) is 8.67. The van der Waals surface area contributed by atoms with Crippen molar-refractivity contribution in [1.82, 2.24) is 15.6 Å². The summed E-state index contributed by atoms with van der Waals surface area (Å²) in [7, 11) is 0. The maximum absolute atomic E-state index is 12.3. The maximum Gasteiger partial charge on any atom is 0.287 e. The standard InChI is InChI=1S/C17H17N3O2S.2ClH/c21-16(19-11-7-9-18-10-8-11)13-5-6-14(22-13)17-20-12-3-1-2-4-15(12)23-17;;/h1-6,11,18H,7-10H2,(H,19,21);2*1H. The number of nitrogens with one attached hydrogen (secondary N) is 2. The smallest absolute Gasteiger partial charge is 0.287 e. The van der Waals surface area contributed by atoms with Gasteiger partial charge in [0.1, 0.15) is 0 Å². The zero-order valence-corrected chi connectivity index (χ0v) is 15.8. The molecule has 4 rings (SSSR count). The van der Waals surface area contributed by atoms with Crippen molar-refractivity contribution in [1.29, 1.82) is 0 Å². The Morgan fingerprint density at radius 2 is 1.92 bits per heavy atom. The molecule has 0 bridgehead atoms. The minimum absolute atomic E-state index is 0. The lowest BCUT2D eigenvalue weighted by molar-refractivity contribution is 0.0902. The number of benzene rings is 1. The molecular formula is C17H19Cl2N3O2S. The van der Waals surface area contributed by atoms with Crippen LogP contribution < -0.4 is 10.6 Å². The van der Waals surface area contributed by atoms with Crippen LogP contribution in [-0.4, -0.2) is 30.0 Å². The van der Waals surface area contributed by atoms with Crippen LogP contribution in [0, 0.1) is 0 Å². The van der Waals surface area contributed by atoms with Crippen molar-refractivity contribution in [2.45, 2.75) is 18.9 Å². The van der Waals surface area contributed by atoms with E-state index in [1.165, 1.54) is 0 Å². The van der Waals surface area contributed by atoms with Gasteiger partial charge in [-0.2, -0.15) is 0 Å². The van der Waals surface area contributed by atoms with Crippen molar-refractivity contribution in [2.24, 2.45) is 0 Å². The number of carbonyl (C=O) groups is 1. The molecule has 2 aromatic heterocycles. The molecule has 3 aromatic rings. The number of hydrogen-bond donors (Lipinski definition) is 2. The molecule has 8 heteroatoms. The summed E-state index contributed by atoms with van der Waals surface area (Å²) < 4.78 is 6.83. The third-order valence-corrected chi connectivity index (χ3v) is 5.06. The van der Waals surface area contributed by atoms with Crippen LogP contribution in [0.25, 0.3) is 21.0 Å². The van der Waals surface area contributed by atoms with Gasteiger partial charge in [-0.05, 0) is 50.2 Å². The monoisotopic (exact) mass is 399 g/mol. The molecule has 1 saturated heterocycles. The number of aromatic nitrogens is 1. The van der Waals surface area contributed by atoms with Gasteiger partial charge in [-0.3, -0.25) is 4.79 Å². The van der Waals surface area contributed by atoms with Gasteiger partial charge in [-0.15, -0.1) is 36.2 Å². The summed E-state index contributed by atoms with van der Waals surface area (Å²) in [6, 6.07) is 11.7. The summed E-state index contributed by atoms with van der Waals surface area (Å²) in [5.74, 6) is 0.837. The Morgan fingerprint density at radius 1 is 1.16 bits per heavy atom. The first kappa shape index (κ1) is 19.7. The van der Waals surface area contributed by atoms with Gasteiger partial charge in [0.25, 0.3) is 5.91 Å². The summed E-state index contributed by atoms with van der Waals surface area (Å²) in [4.78, 5) is 16.8. The second-order valence-corrected chi connectivity index (χ2v) is 6.68. The third kappa shape index (κ3) is 4.33. The van der Waals surface area contributed by atoms with E-state index in [4.69, 9.17) is 4.42 Å². The average Bonchev–Trinajstić information content (AvgIpc) is 3.22. The number of furan rings is 1. The van der Waals surface area contributed by atoms with Gasteiger partial charge in [0.2, 0.25) is 0 Å². The molecule has 0 radical (unpaired) electrons. The van der Waals surface area contributed by atoms with E-state index in [1.807, 2.05) is 30.3 Å². The first-order chi connectivity index (χ1) is 11.3. The summed E-state index contributed by atoms with van der Waals surface area (Å²) in [5.41, 5.74) is 0.949. The average molecular weight is 400 g/mol. The lowest BCUT2D eigenvalue weighted by Gasteiger charge is -2.23. The number of piperidine rings is 1. The molecule has 25 heavy (non-hydrogen) atoms. The van der Waals surface area contributed by atoms with Gasteiger partial charge in [0.05, 0.1) is 10.2 Å². The molecule has 1 fully saturated rings. The topological polar surface area (TPSA) is 67.2 Å². The number of fused-ring (bicyclic) bond motifs is 1. The minimum atomic E-state index is -0.149. The Kier molecular flexibility index (Phi) is 6.84. The number of rotatable bonds is 3. The fraction of sp³-hybridized carbons (Fsp3) is 0.294. The first-order valence-electron chi connectivity index (χ1n) is 7.77. The van der Waals surface area contributed by atoms with Crippen molar-refractivity contribution >= 4 is 52.3 Å². The number of hydrogen-bond acceptors (Lipinski definition) is 5. The second-order valence-electron chi connectivity index (χ2n) is 5.65. The highest BCUT2D eigenvalue weighted by atomic mass is 35.5. The van der Waals surface area contributed by atoms with Crippen LogP contribution in [0.15, 0.2) is 40.8 Å². The molecule has 5 nitrogen and oxygen atoms in total. The van der Waals surface area contributed by atoms with Crippen molar-refractivity contribution in [3.8, 4) is 10.8 Å². The number of para-hydroxylation sites is 1. The fourth-order valence-corrected chi connectivity index (χ4v) is 3.70. The highest BCUT2D eigenvalue weighted by Crippen LogP contribution is 2.31. The highest BCUT2D eigenvalue weighted by Gasteiger charge is 2.19. The van der Waals surface area contributed by atoms with Crippen LogP contribution in [0.2, 0.25) is 0 Å². The third-order valence-electron chi connectivity index (χ3n) is 4.01. The van der Waals surface area contributed by atoms with E-state index in [9.17, 15) is 4.79 Å². The van der Waals surface area contributed by atoms with Crippen LogP contribution in [0.1, 0.15) is 23.4 Å². The molecule has 0 unspecified atom stereocenters. The van der Waals surface area contributed by atoms with E-state index in [-0.39, 0.29) is 36.8 Å². The van der Waals surface area contributed by atoms with Crippen LogP contribution in [-0.2, 0) is 0 Å². The molecule has 2 N–H and O–H groups in total. The van der Waals surface area contributed by atoms with Crippen molar-refractivity contribution in [2.75, 3.05) is 13.1 Å². The molecule has 0 atom stereocenters. The van der Waals surface area contributed by atoms with Crippen LogP contribution >= 0.6 is 36.2 Å². The number of amides is 1. The van der Waals surface area contributed by atoms with Gasteiger partial charge in [-0.1, -0.05) is 12.1 Å². The maximum atomic E-state index is 12.3. The van der Waals surface area contributed by atoms with Gasteiger partial charge in [0, 0.05) is 6.04 Å². The normalized spacial score (nSPS) is 14.6. The van der Waals surface area contributed by atoms with Crippen molar-refractivity contribution < 1.29 is 9.21 Å². The van der Waals surface area contributed by atoms with E-state index in [0.717, 1.165) is 41.2 Å². The highest BCUT2D eigenvalue weighted by molar-refractivity contribution is 7.21. The summed E-state index contributed by atoms with van der Waals surface area (Å²) >= 11 is 1.57. The predicted octanol–water partition coefficient (Wildman–Crippen LogP) is 3.88. The van der Waals surface area contributed by atoms with Gasteiger partial charge in [0.15, 0.2) is 16.5 Å². The Labute approximate surface area is 162 Å². The van der Waals surface area contributed by atoms with E-state index >= 15 is 0 Å². The molecule has 1 amide bonds. The van der Waals surface area contributed by atoms with E-state index in [1.54, 1.807) is 17.4 Å². The number of nitrogens with zero attached hydrogens (tertiary/aromatic N) is 1. The molecule has 134 valence electrons. The fourth-order valence-electron chi connectivity index (χ4n) is 2.78. The Morgan fingerprint density at radius 3 is 2.68 bits per heavy atom. The van der Waals surface area contributed by atoms with Gasteiger partial charge < -0.3 is 15.1 Å². The molecule has 1 aromatic carbocycles. The van der Waals surface area contributed by atoms with Crippen molar-refractivity contribution in [3.63, 3.8) is 0 Å². The zero-order valence-electron chi connectivity index (χ0n) is 13.4. The molecule has 0 aliphatic carbocycles. The lowest BCUT2D eigenvalue weighted by Crippen LogP contribution is -2.42. The number of carbonyl (C=O) groups excluding carboxylic acids is 1. The summed E-state index contributed by atoms with van der Waals surface area (Å²) in [6.45, 7) is 1.89. The van der Waals surface area contributed by atoms with E-state index in [0.29, 0.717) is 11.5 Å². The Balaban J connectivity index is 0.00000113. The Bertz CT molecular complexity index is 810. The Hall–Kier alpha value is -1.60. The number of thiazole rings is 1.